The molecule has 1 aromatic rings. The quantitative estimate of drug-likeness (QED) is 0.583. The molecule has 0 saturated carbocycles. The average molecular weight is 289 g/mol. The molecule has 1 aliphatic rings. The lowest BCUT2D eigenvalue weighted by atomic mass is 9.96. The minimum atomic E-state index is -1.37. The first-order chi connectivity index (χ1) is 8.25. The van der Waals surface area contributed by atoms with Crippen molar-refractivity contribution < 1.29 is 13.6 Å². The Labute approximate surface area is 114 Å². The van der Waals surface area contributed by atoms with Crippen molar-refractivity contribution in [1.82, 2.24) is 0 Å². The first-order valence-electron chi connectivity index (χ1n) is 5.88. The molecule has 0 radical (unpaired) electrons. The molecule has 0 N–H and O–H groups in total. The minimum Gasteiger partial charge on any atom is -0.414 e. The Hall–Kier alpha value is -0.500. The molecule has 2 rings (SSSR count). The van der Waals surface area contributed by atoms with Gasteiger partial charge in [0.1, 0.15) is 0 Å². The van der Waals surface area contributed by atoms with E-state index in [9.17, 15) is 0 Å². The minimum absolute atomic E-state index is 0.314. The average Bonchev–Trinajstić information content (AvgIpc) is 2.53. The van der Waals surface area contributed by atoms with E-state index in [0.29, 0.717) is 6.42 Å². The summed E-state index contributed by atoms with van der Waals surface area (Å²) in [4.78, 5) is -0.314. The lowest BCUT2D eigenvalue weighted by Gasteiger charge is -2.31. The van der Waals surface area contributed by atoms with Gasteiger partial charge in [0.2, 0.25) is 0 Å². The highest BCUT2D eigenvalue weighted by Crippen LogP contribution is 2.55. The third-order valence-corrected chi connectivity index (χ3v) is 3.83. The molecule has 0 spiro atoms. The number of para-hydroxylation sites is 2. The van der Waals surface area contributed by atoms with E-state index in [2.05, 4.69) is 0 Å². The summed E-state index contributed by atoms with van der Waals surface area (Å²) >= 11 is 6.24. The van der Waals surface area contributed by atoms with Gasteiger partial charge in [0, 0.05) is 4.87 Å². The lowest BCUT2D eigenvalue weighted by molar-refractivity contribution is 0.0824. The number of rotatable bonds is 4. The van der Waals surface area contributed by atoms with Gasteiger partial charge in [-0.1, -0.05) is 12.1 Å². The molecule has 0 aliphatic carbocycles. The zero-order valence-corrected chi connectivity index (χ0v) is 12.7. The highest BCUT2D eigenvalue weighted by atomic mass is 35.5. The second-order valence-corrected chi connectivity index (χ2v) is 7.62. The van der Waals surface area contributed by atoms with E-state index >= 15 is 0 Å². The Kier molecular flexibility index (Phi) is 3.77. The Morgan fingerprint density at radius 2 is 1.61 bits per heavy atom. The van der Waals surface area contributed by atoms with Gasteiger partial charge in [-0.3, -0.25) is 4.52 Å². The first-order valence-corrected chi connectivity index (χ1v) is 7.36. The first kappa shape index (κ1) is 13.9. The predicted molar refractivity (Wildman–Crippen MR) is 74.3 cm³/mol. The Morgan fingerprint density at radius 3 is 2.06 bits per heavy atom. The van der Waals surface area contributed by atoms with E-state index in [1.165, 1.54) is 0 Å². The Morgan fingerprint density at radius 1 is 1.11 bits per heavy atom. The van der Waals surface area contributed by atoms with Crippen molar-refractivity contribution in [2.75, 3.05) is 0 Å². The smallest absolute Gasteiger partial charge is 0.414 e. The fourth-order valence-electron chi connectivity index (χ4n) is 2.06. The molecule has 0 saturated heterocycles. The maximum Gasteiger partial charge on any atom is 0.463 e. The van der Waals surface area contributed by atoms with Gasteiger partial charge in [-0.2, -0.15) is 0 Å². The van der Waals surface area contributed by atoms with Gasteiger partial charge in [0.25, 0.3) is 0 Å². The summed E-state index contributed by atoms with van der Waals surface area (Å²) in [5.74, 6) is 1.48. The summed E-state index contributed by atoms with van der Waals surface area (Å²) in [5, 5.41) is 0. The van der Waals surface area contributed by atoms with Crippen LogP contribution in [0.1, 0.15) is 34.1 Å². The van der Waals surface area contributed by atoms with Gasteiger partial charge in [0.15, 0.2) is 11.5 Å². The second-order valence-electron chi connectivity index (χ2n) is 5.60. The third-order valence-electron chi connectivity index (χ3n) is 2.36. The molecule has 0 aromatic heterocycles. The van der Waals surface area contributed by atoms with Crippen LogP contribution in [0.25, 0.3) is 0 Å². The molecule has 1 aromatic carbocycles. The van der Waals surface area contributed by atoms with Gasteiger partial charge in [-0.25, -0.2) is 0 Å². The molecule has 18 heavy (non-hydrogen) atoms. The van der Waals surface area contributed by atoms with Gasteiger partial charge >= 0.3 is 8.60 Å². The fourth-order valence-corrected chi connectivity index (χ4v) is 3.59. The molecule has 1 heterocycles. The van der Waals surface area contributed by atoms with Crippen LogP contribution in [0.2, 0.25) is 0 Å². The zero-order chi connectivity index (χ0) is 13.4. The molecular formula is C13H18ClO3P. The Bertz CT molecular complexity index is 403. The number of benzene rings is 1. The van der Waals surface area contributed by atoms with Crippen molar-refractivity contribution in [2.45, 2.75) is 44.6 Å². The Balaban J connectivity index is 1.97. The molecule has 5 heteroatoms. The van der Waals surface area contributed by atoms with Crippen molar-refractivity contribution in [1.29, 1.82) is 0 Å². The number of alkyl halides is 1. The molecule has 0 amide bonds. The summed E-state index contributed by atoms with van der Waals surface area (Å²) in [5.41, 5.74) is -0.390. The SMILES string of the molecule is CC(C)(Cl)CC(C)(C)OP1Oc2ccccc2O1. The molecule has 0 atom stereocenters. The van der Waals surface area contributed by atoms with E-state index in [4.69, 9.17) is 25.2 Å². The largest absolute Gasteiger partial charge is 0.463 e. The topological polar surface area (TPSA) is 27.7 Å². The van der Waals surface area contributed by atoms with Crippen LogP contribution in [-0.4, -0.2) is 10.5 Å². The van der Waals surface area contributed by atoms with E-state index in [0.717, 1.165) is 11.5 Å². The number of fused-ring (bicyclic) bond motifs is 1. The van der Waals surface area contributed by atoms with Gasteiger partial charge in [-0.05, 0) is 46.2 Å². The monoisotopic (exact) mass is 288 g/mol. The molecule has 1 aliphatic heterocycles. The normalized spacial score (nSPS) is 16.1. The van der Waals surface area contributed by atoms with Crippen molar-refractivity contribution in [2.24, 2.45) is 0 Å². The number of halogens is 1. The van der Waals surface area contributed by atoms with Crippen molar-refractivity contribution in [3.63, 3.8) is 0 Å². The third kappa shape index (κ3) is 3.74. The fraction of sp³-hybridized carbons (Fsp3) is 0.538. The van der Waals surface area contributed by atoms with Crippen LogP contribution < -0.4 is 9.05 Å². The summed E-state index contributed by atoms with van der Waals surface area (Å²) in [6.45, 7) is 7.93. The van der Waals surface area contributed by atoms with Gasteiger partial charge in [-0.15, -0.1) is 11.6 Å². The summed E-state index contributed by atoms with van der Waals surface area (Å²) < 4.78 is 17.2. The summed E-state index contributed by atoms with van der Waals surface area (Å²) in [6.07, 6.45) is 0.712. The standard InChI is InChI=1S/C13H18ClO3P/c1-12(2,14)9-13(3,4)17-18-15-10-7-5-6-8-11(10)16-18/h5-8H,9H2,1-4H3. The van der Waals surface area contributed by atoms with Gasteiger partial charge < -0.3 is 9.05 Å². The number of hydrogen-bond acceptors (Lipinski definition) is 3. The van der Waals surface area contributed by atoms with Crippen LogP contribution in [0.3, 0.4) is 0 Å². The van der Waals surface area contributed by atoms with Crippen LogP contribution >= 0.6 is 20.2 Å². The zero-order valence-electron chi connectivity index (χ0n) is 11.1. The van der Waals surface area contributed by atoms with Crippen LogP contribution in [0, 0.1) is 0 Å². The molecule has 0 bridgehead atoms. The molecular weight excluding hydrogens is 271 g/mol. The second kappa shape index (κ2) is 4.88. The maximum absolute atomic E-state index is 6.24. The molecule has 3 nitrogen and oxygen atoms in total. The maximum atomic E-state index is 6.24. The van der Waals surface area contributed by atoms with Crippen molar-refractivity contribution in [3.05, 3.63) is 24.3 Å². The van der Waals surface area contributed by atoms with Crippen LogP contribution in [0.5, 0.6) is 11.5 Å². The van der Waals surface area contributed by atoms with Crippen LogP contribution in [0.4, 0.5) is 0 Å². The molecule has 0 fully saturated rings. The number of hydrogen-bond donors (Lipinski definition) is 0. The highest BCUT2D eigenvalue weighted by molar-refractivity contribution is 7.43. The van der Waals surface area contributed by atoms with E-state index < -0.39 is 8.60 Å². The molecule has 100 valence electrons. The van der Waals surface area contributed by atoms with E-state index in [1.54, 1.807) is 0 Å². The predicted octanol–water partition coefficient (Wildman–Crippen LogP) is 4.89. The van der Waals surface area contributed by atoms with Crippen LogP contribution in [0.15, 0.2) is 24.3 Å². The summed E-state index contributed by atoms with van der Waals surface area (Å²) in [7, 11) is -1.37. The van der Waals surface area contributed by atoms with E-state index in [1.807, 2.05) is 52.0 Å². The summed E-state index contributed by atoms with van der Waals surface area (Å²) in [6, 6.07) is 7.57. The van der Waals surface area contributed by atoms with Gasteiger partial charge in [0.05, 0.1) is 5.60 Å². The highest BCUT2D eigenvalue weighted by Gasteiger charge is 2.36. The van der Waals surface area contributed by atoms with Crippen molar-refractivity contribution >= 4 is 20.2 Å². The van der Waals surface area contributed by atoms with Crippen molar-refractivity contribution in [3.8, 4) is 11.5 Å². The van der Waals surface area contributed by atoms with Crippen LogP contribution in [-0.2, 0) is 4.52 Å². The lowest BCUT2D eigenvalue weighted by Crippen LogP contribution is -2.31. The van der Waals surface area contributed by atoms with E-state index in [-0.39, 0.29) is 10.5 Å². The molecule has 0 unspecified atom stereocenters.